The van der Waals surface area contributed by atoms with Crippen LogP contribution in [0.2, 0.25) is 0 Å². The quantitative estimate of drug-likeness (QED) is 0.626. The van der Waals surface area contributed by atoms with Crippen molar-refractivity contribution in [2.45, 2.75) is 22.6 Å². The first-order chi connectivity index (χ1) is 11.4. The monoisotopic (exact) mass is 319 g/mol. The molecule has 4 aliphatic heterocycles. The summed E-state index contributed by atoms with van der Waals surface area (Å²) in [5.41, 5.74) is 4.31. The Morgan fingerprint density at radius 1 is 0.870 bits per heavy atom. The fraction of sp³-hybridized carbons (Fsp3) is 0.333. The second-order valence-electron chi connectivity index (χ2n) is 6.98. The van der Waals surface area contributed by atoms with Crippen LogP contribution in [0, 0.1) is 11.8 Å². The number of nitrogens with zero attached hydrogens (tertiary/aromatic N) is 1. The molecule has 0 aromatic heterocycles. The summed E-state index contributed by atoms with van der Waals surface area (Å²) in [5.74, 6) is 1.61. The van der Waals surface area contributed by atoms with E-state index < -0.39 is 0 Å². The van der Waals surface area contributed by atoms with Gasteiger partial charge in [0.15, 0.2) is 0 Å². The standard InChI is InChI=1S/C21H21NS/c1-3-7-20-17(5-1)19(18-6-2-4-8-21(18)23-20)13-16-14-22-11-9-15(16)10-12-22/h1-8,13,15-16H,9-12,14H2. The van der Waals surface area contributed by atoms with Crippen LogP contribution in [0.25, 0.3) is 5.57 Å². The summed E-state index contributed by atoms with van der Waals surface area (Å²) in [6.45, 7) is 3.88. The van der Waals surface area contributed by atoms with Gasteiger partial charge >= 0.3 is 0 Å². The van der Waals surface area contributed by atoms with Crippen molar-refractivity contribution in [2.24, 2.45) is 11.8 Å². The third-order valence-electron chi connectivity index (χ3n) is 5.66. The zero-order valence-corrected chi connectivity index (χ0v) is 14.1. The Hall–Kier alpha value is -1.51. The van der Waals surface area contributed by atoms with Gasteiger partial charge in [0.25, 0.3) is 0 Å². The van der Waals surface area contributed by atoms with Gasteiger partial charge in [-0.05, 0) is 66.6 Å². The minimum Gasteiger partial charge on any atom is -0.303 e. The molecule has 0 amide bonds. The molecular weight excluding hydrogens is 298 g/mol. The van der Waals surface area contributed by atoms with Gasteiger partial charge in [-0.1, -0.05) is 54.2 Å². The van der Waals surface area contributed by atoms with Crippen LogP contribution in [0.5, 0.6) is 0 Å². The number of hydrogen-bond acceptors (Lipinski definition) is 2. The van der Waals surface area contributed by atoms with Crippen LogP contribution in [0.4, 0.5) is 0 Å². The van der Waals surface area contributed by atoms with Gasteiger partial charge < -0.3 is 4.90 Å². The summed E-state index contributed by atoms with van der Waals surface area (Å²) in [6.07, 6.45) is 5.37. The average molecular weight is 319 g/mol. The maximum atomic E-state index is 2.65. The Kier molecular flexibility index (Phi) is 3.34. The maximum Gasteiger partial charge on any atom is 0.0201 e. The molecule has 4 aliphatic rings. The first-order valence-corrected chi connectivity index (χ1v) is 9.51. The third kappa shape index (κ3) is 2.36. The molecule has 0 radical (unpaired) electrons. The molecule has 0 spiro atoms. The Morgan fingerprint density at radius 2 is 1.48 bits per heavy atom. The summed E-state index contributed by atoms with van der Waals surface area (Å²) in [6, 6.07) is 17.8. The number of hydrogen-bond donors (Lipinski definition) is 0. The van der Waals surface area contributed by atoms with Crippen LogP contribution < -0.4 is 0 Å². The lowest BCUT2D eigenvalue weighted by Crippen LogP contribution is -2.46. The zero-order valence-electron chi connectivity index (χ0n) is 13.2. The minimum absolute atomic E-state index is 0.719. The molecule has 1 atom stereocenters. The van der Waals surface area contributed by atoms with Crippen molar-refractivity contribution in [1.82, 2.24) is 4.90 Å². The van der Waals surface area contributed by atoms with Crippen molar-refractivity contribution in [1.29, 1.82) is 0 Å². The van der Waals surface area contributed by atoms with Gasteiger partial charge in [0.1, 0.15) is 0 Å². The van der Waals surface area contributed by atoms with Gasteiger partial charge in [0, 0.05) is 16.3 Å². The molecule has 0 aliphatic carbocycles. The van der Waals surface area contributed by atoms with E-state index in [1.807, 2.05) is 11.8 Å². The topological polar surface area (TPSA) is 3.24 Å². The fourth-order valence-corrected chi connectivity index (χ4v) is 5.52. The molecule has 3 saturated heterocycles. The largest absolute Gasteiger partial charge is 0.303 e. The van der Waals surface area contributed by atoms with Gasteiger partial charge in [-0.2, -0.15) is 0 Å². The molecule has 2 heteroatoms. The zero-order chi connectivity index (χ0) is 15.2. The highest BCUT2D eigenvalue weighted by atomic mass is 32.2. The van der Waals surface area contributed by atoms with Crippen LogP contribution in [0.3, 0.4) is 0 Å². The van der Waals surface area contributed by atoms with E-state index in [1.54, 1.807) is 0 Å². The summed E-state index contributed by atoms with van der Waals surface area (Å²) in [7, 11) is 0. The molecular formula is C21H21NS. The molecule has 0 saturated carbocycles. The predicted octanol–water partition coefficient (Wildman–Crippen LogP) is 4.92. The molecule has 4 heterocycles. The summed E-state index contributed by atoms with van der Waals surface area (Å²) in [4.78, 5) is 5.45. The van der Waals surface area contributed by atoms with E-state index in [0.717, 1.165) is 11.8 Å². The molecule has 23 heavy (non-hydrogen) atoms. The van der Waals surface area contributed by atoms with Crippen molar-refractivity contribution in [2.75, 3.05) is 19.6 Å². The highest BCUT2D eigenvalue weighted by Gasteiger charge is 2.33. The van der Waals surface area contributed by atoms with Crippen molar-refractivity contribution in [3.05, 3.63) is 65.7 Å². The lowest BCUT2D eigenvalue weighted by atomic mass is 9.77. The molecule has 1 unspecified atom stereocenters. The molecule has 2 bridgehead atoms. The number of fused-ring (bicyclic) bond motifs is 5. The number of rotatable bonds is 1. The van der Waals surface area contributed by atoms with Gasteiger partial charge in [0.2, 0.25) is 0 Å². The normalized spacial score (nSPS) is 28.2. The molecule has 0 N–H and O–H groups in total. The smallest absolute Gasteiger partial charge is 0.0201 e. The SMILES string of the molecule is C(=C1c2ccccc2Sc2ccccc21)C1CN2CCC1CC2. The average Bonchev–Trinajstić information content (AvgIpc) is 2.62. The Labute approximate surface area is 142 Å². The first kappa shape index (κ1) is 13.9. The lowest BCUT2D eigenvalue weighted by Gasteiger charge is -2.44. The highest BCUT2D eigenvalue weighted by molar-refractivity contribution is 7.99. The molecule has 1 nitrogen and oxygen atoms in total. The first-order valence-electron chi connectivity index (χ1n) is 8.69. The Balaban J connectivity index is 1.63. The van der Waals surface area contributed by atoms with Crippen molar-refractivity contribution in [3.8, 4) is 0 Å². The Bertz CT molecular complexity index is 723. The van der Waals surface area contributed by atoms with Gasteiger partial charge in [0.05, 0.1) is 0 Å². The van der Waals surface area contributed by atoms with Crippen LogP contribution in [0.1, 0.15) is 24.0 Å². The number of benzene rings is 2. The van der Waals surface area contributed by atoms with E-state index in [4.69, 9.17) is 0 Å². The van der Waals surface area contributed by atoms with Crippen molar-refractivity contribution in [3.63, 3.8) is 0 Å². The summed E-state index contributed by atoms with van der Waals surface area (Å²) < 4.78 is 0. The van der Waals surface area contributed by atoms with E-state index in [1.165, 1.54) is 59.0 Å². The summed E-state index contributed by atoms with van der Waals surface area (Å²) >= 11 is 1.91. The van der Waals surface area contributed by atoms with Crippen molar-refractivity contribution < 1.29 is 0 Å². The lowest BCUT2D eigenvalue weighted by molar-refractivity contribution is 0.0738. The van der Waals surface area contributed by atoms with Gasteiger partial charge in [-0.15, -0.1) is 0 Å². The maximum absolute atomic E-state index is 2.65. The number of piperidine rings is 3. The fourth-order valence-electron chi connectivity index (χ4n) is 4.41. The molecule has 2 aromatic rings. The van der Waals surface area contributed by atoms with E-state index in [0.29, 0.717) is 0 Å². The molecule has 6 rings (SSSR count). The van der Waals surface area contributed by atoms with E-state index in [2.05, 4.69) is 59.5 Å². The highest BCUT2D eigenvalue weighted by Crippen LogP contribution is 2.46. The van der Waals surface area contributed by atoms with E-state index >= 15 is 0 Å². The Morgan fingerprint density at radius 3 is 2.04 bits per heavy atom. The van der Waals surface area contributed by atoms with Crippen LogP contribution >= 0.6 is 11.8 Å². The van der Waals surface area contributed by atoms with Gasteiger partial charge in [-0.3, -0.25) is 0 Å². The minimum atomic E-state index is 0.719. The van der Waals surface area contributed by atoms with Gasteiger partial charge in [-0.25, -0.2) is 0 Å². The van der Waals surface area contributed by atoms with E-state index in [9.17, 15) is 0 Å². The van der Waals surface area contributed by atoms with Crippen molar-refractivity contribution >= 4 is 17.3 Å². The second-order valence-corrected chi connectivity index (χ2v) is 8.06. The van der Waals surface area contributed by atoms with Crippen LogP contribution in [-0.4, -0.2) is 24.5 Å². The summed E-state index contributed by atoms with van der Waals surface area (Å²) in [5, 5.41) is 0. The van der Waals surface area contributed by atoms with Crippen LogP contribution in [0.15, 0.2) is 64.4 Å². The molecule has 2 aromatic carbocycles. The molecule has 116 valence electrons. The van der Waals surface area contributed by atoms with E-state index in [-0.39, 0.29) is 0 Å². The predicted molar refractivity (Wildman–Crippen MR) is 96.7 cm³/mol. The third-order valence-corrected chi connectivity index (χ3v) is 6.81. The van der Waals surface area contributed by atoms with Crippen LogP contribution in [-0.2, 0) is 0 Å². The second kappa shape index (κ2) is 5.54. The molecule has 3 fully saturated rings.